The molecule has 0 radical (unpaired) electrons. The van der Waals surface area contributed by atoms with E-state index in [9.17, 15) is 5.11 Å². The minimum atomic E-state index is -0.0901. The van der Waals surface area contributed by atoms with Crippen LogP contribution in [0.3, 0.4) is 0 Å². The number of aliphatic hydroxyl groups excluding tert-OH is 1. The van der Waals surface area contributed by atoms with Crippen LogP contribution in [0.25, 0.3) is 0 Å². The lowest BCUT2D eigenvalue weighted by molar-refractivity contribution is -0.00358. The quantitative estimate of drug-likeness (QED) is 0.848. The highest BCUT2D eigenvalue weighted by Crippen LogP contribution is 2.24. The maximum Gasteiger partial charge on any atom is 0.0695 e. The lowest BCUT2D eigenvalue weighted by atomic mass is 9.91. The molecule has 1 aliphatic heterocycles. The van der Waals surface area contributed by atoms with Gasteiger partial charge in [-0.2, -0.15) is 0 Å². The maximum absolute atomic E-state index is 10.2. The Kier molecular flexibility index (Phi) is 6.52. The molecule has 0 unspecified atom stereocenters. The summed E-state index contributed by atoms with van der Waals surface area (Å²) in [6, 6.07) is 9.11. The molecule has 3 nitrogen and oxygen atoms in total. The first-order chi connectivity index (χ1) is 11.2. The van der Waals surface area contributed by atoms with Gasteiger partial charge in [0.25, 0.3) is 0 Å². The van der Waals surface area contributed by atoms with Gasteiger partial charge < -0.3 is 10.0 Å². The number of halogens is 1. The topological polar surface area (TPSA) is 26.7 Å². The second kappa shape index (κ2) is 8.61. The fourth-order valence-corrected chi connectivity index (χ4v) is 4.26. The Balaban J connectivity index is 1.36. The molecule has 1 saturated heterocycles. The first-order valence-electron chi connectivity index (χ1n) is 9.11. The van der Waals surface area contributed by atoms with E-state index in [1.807, 2.05) is 0 Å². The number of piperazine rings is 1. The molecule has 1 aliphatic carbocycles. The molecule has 1 saturated carbocycles. The molecule has 1 N–H and O–H groups in total. The highest BCUT2D eigenvalue weighted by atomic mass is 79.9. The molecule has 3 rings (SSSR count). The molecular weight excluding hydrogens is 352 g/mol. The lowest BCUT2D eigenvalue weighted by Crippen LogP contribution is -2.54. The molecule has 2 atom stereocenters. The van der Waals surface area contributed by atoms with Crippen molar-refractivity contribution in [2.75, 3.05) is 32.7 Å². The molecule has 1 aromatic rings. The van der Waals surface area contributed by atoms with Crippen molar-refractivity contribution in [3.05, 3.63) is 34.3 Å². The summed E-state index contributed by atoms with van der Waals surface area (Å²) in [7, 11) is 0. The minimum absolute atomic E-state index is 0.0901. The molecule has 0 aromatic heterocycles. The third-order valence-electron chi connectivity index (χ3n) is 5.42. The van der Waals surface area contributed by atoms with E-state index in [2.05, 4.69) is 50.0 Å². The number of rotatable bonds is 5. The largest absolute Gasteiger partial charge is 0.391 e. The summed E-state index contributed by atoms with van der Waals surface area (Å²) in [5.74, 6) is 0. The van der Waals surface area contributed by atoms with Crippen molar-refractivity contribution in [1.29, 1.82) is 0 Å². The van der Waals surface area contributed by atoms with Crippen LogP contribution in [0.1, 0.15) is 37.7 Å². The number of aryl methyl sites for hydroxylation is 1. The zero-order chi connectivity index (χ0) is 16.1. The fourth-order valence-electron chi connectivity index (χ4n) is 3.99. The predicted molar refractivity (Wildman–Crippen MR) is 98.7 cm³/mol. The van der Waals surface area contributed by atoms with Crippen molar-refractivity contribution in [3.63, 3.8) is 0 Å². The Bertz CT molecular complexity index is 471. The van der Waals surface area contributed by atoms with Crippen molar-refractivity contribution >= 4 is 15.9 Å². The minimum Gasteiger partial charge on any atom is -0.391 e. The molecule has 23 heavy (non-hydrogen) atoms. The zero-order valence-corrected chi connectivity index (χ0v) is 15.5. The number of hydrogen-bond donors (Lipinski definition) is 1. The van der Waals surface area contributed by atoms with Crippen LogP contribution in [0, 0.1) is 0 Å². The van der Waals surface area contributed by atoms with Crippen LogP contribution in [0.15, 0.2) is 28.7 Å². The molecule has 2 aliphatic rings. The highest BCUT2D eigenvalue weighted by molar-refractivity contribution is 9.10. The van der Waals surface area contributed by atoms with E-state index in [1.165, 1.54) is 37.8 Å². The summed E-state index contributed by atoms with van der Waals surface area (Å²) >= 11 is 3.49. The van der Waals surface area contributed by atoms with Crippen molar-refractivity contribution in [3.8, 4) is 0 Å². The molecule has 1 heterocycles. The Morgan fingerprint density at radius 3 is 2.39 bits per heavy atom. The van der Waals surface area contributed by atoms with Gasteiger partial charge in [0, 0.05) is 36.7 Å². The van der Waals surface area contributed by atoms with Crippen molar-refractivity contribution in [2.45, 2.75) is 50.7 Å². The molecule has 2 fully saturated rings. The van der Waals surface area contributed by atoms with Gasteiger partial charge in [-0.1, -0.05) is 40.9 Å². The summed E-state index contributed by atoms with van der Waals surface area (Å²) < 4.78 is 1.15. The van der Waals surface area contributed by atoms with E-state index in [4.69, 9.17) is 0 Å². The van der Waals surface area contributed by atoms with Crippen LogP contribution in [-0.4, -0.2) is 59.8 Å². The molecule has 1 aromatic carbocycles. The Hall–Kier alpha value is -0.420. The molecule has 0 spiro atoms. The van der Waals surface area contributed by atoms with Crippen LogP contribution in [0.4, 0.5) is 0 Å². The SMILES string of the molecule is O[C@H]1CCCC[C@@H]1N1CCN(CCCc2ccc(Br)cc2)CC1. The number of aliphatic hydroxyl groups is 1. The predicted octanol–water partition coefficient (Wildman–Crippen LogP) is 3.30. The molecule has 0 amide bonds. The van der Waals surface area contributed by atoms with Gasteiger partial charge in [0.2, 0.25) is 0 Å². The van der Waals surface area contributed by atoms with Gasteiger partial charge in [0.15, 0.2) is 0 Å². The van der Waals surface area contributed by atoms with Crippen LogP contribution >= 0.6 is 15.9 Å². The van der Waals surface area contributed by atoms with E-state index >= 15 is 0 Å². The number of hydrogen-bond acceptors (Lipinski definition) is 3. The fraction of sp³-hybridized carbons (Fsp3) is 0.684. The Morgan fingerprint density at radius 1 is 1.00 bits per heavy atom. The molecular formula is C19H29BrN2O. The van der Waals surface area contributed by atoms with Crippen molar-refractivity contribution in [2.24, 2.45) is 0 Å². The van der Waals surface area contributed by atoms with E-state index in [0.717, 1.165) is 43.5 Å². The van der Waals surface area contributed by atoms with Gasteiger partial charge in [0.05, 0.1) is 6.10 Å². The summed E-state index contributed by atoms with van der Waals surface area (Å²) in [6.45, 7) is 5.75. The first-order valence-corrected chi connectivity index (χ1v) is 9.90. The Labute approximate surface area is 148 Å². The summed E-state index contributed by atoms with van der Waals surface area (Å²) in [5.41, 5.74) is 1.43. The smallest absolute Gasteiger partial charge is 0.0695 e. The molecule has 0 bridgehead atoms. The average molecular weight is 381 g/mol. The van der Waals surface area contributed by atoms with E-state index < -0.39 is 0 Å². The summed E-state index contributed by atoms with van der Waals surface area (Å²) in [5, 5.41) is 10.2. The third kappa shape index (κ3) is 5.02. The van der Waals surface area contributed by atoms with Crippen LogP contribution in [0.5, 0.6) is 0 Å². The second-order valence-electron chi connectivity index (χ2n) is 7.03. The van der Waals surface area contributed by atoms with Gasteiger partial charge in [-0.15, -0.1) is 0 Å². The van der Waals surface area contributed by atoms with Crippen LogP contribution < -0.4 is 0 Å². The number of nitrogens with zero attached hydrogens (tertiary/aromatic N) is 2. The Morgan fingerprint density at radius 2 is 1.70 bits per heavy atom. The highest BCUT2D eigenvalue weighted by Gasteiger charge is 2.30. The van der Waals surface area contributed by atoms with Crippen molar-refractivity contribution in [1.82, 2.24) is 9.80 Å². The molecule has 4 heteroatoms. The van der Waals surface area contributed by atoms with Gasteiger partial charge in [-0.05, 0) is 49.9 Å². The zero-order valence-electron chi connectivity index (χ0n) is 14.0. The van der Waals surface area contributed by atoms with Gasteiger partial charge >= 0.3 is 0 Å². The molecule has 128 valence electrons. The van der Waals surface area contributed by atoms with E-state index in [-0.39, 0.29) is 6.10 Å². The summed E-state index contributed by atoms with van der Waals surface area (Å²) in [4.78, 5) is 5.12. The normalized spacial score (nSPS) is 27.2. The van der Waals surface area contributed by atoms with E-state index in [0.29, 0.717) is 6.04 Å². The van der Waals surface area contributed by atoms with Crippen LogP contribution in [0.2, 0.25) is 0 Å². The monoisotopic (exact) mass is 380 g/mol. The van der Waals surface area contributed by atoms with Crippen molar-refractivity contribution < 1.29 is 5.11 Å². The number of benzene rings is 1. The average Bonchev–Trinajstić information content (AvgIpc) is 2.58. The maximum atomic E-state index is 10.2. The van der Waals surface area contributed by atoms with E-state index in [1.54, 1.807) is 0 Å². The lowest BCUT2D eigenvalue weighted by Gasteiger charge is -2.42. The van der Waals surface area contributed by atoms with Gasteiger partial charge in [0.1, 0.15) is 0 Å². The standard InChI is InChI=1S/C19H29BrN2O/c20-17-9-7-16(8-10-17)4-3-11-21-12-14-22(15-13-21)18-5-1-2-6-19(18)23/h7-10,18-19,23H,1-6,11-15H2/t18-,19-/m0/s1. The summed E-state index contributed by atoms with van der Waals surface area (Å²) in [6.07, 6.45) is 6.97. The van der Waals surface area contributed by atoms with Gasteiger partial charge in [-0.3, -0.25) is 4.90 Å². The van der Waals surface area contributed by atoms with Crippen LogP contribution in [-0.2, 0) is 6.42 Å². The second-order valence-corrected chi connectivity index (χ2v) is 7.94. The first kappa shape index (κ1) is 17.4. The van der Waals surface area contributed by atoms with Gasteiger partial charge in [-0.25, -0.2) is 0 Å². The third-order valence-corrected chi connectivity index (χ3v) is 5.95.